The Kier molecular flexibility index (Phi) is 3.14. The van der Waals surface area contributed by atoms with Crippen molar-refractivity contribution in [3.8, 4) is 0 Å². The van der Waals surface area contributed by atoms with Gasteiger partial charge in [-0.3, -0.25) is 0 Å². The van der Waals surface area contributed by atoms with Gasteiger partial charge < -0.3 is 15.3 Å². The molecule has 1 heterocycles. The molecule has 2 aromatic rings. The maximum Gasteiger partial charge on any atom is 0.0857 e. The first-order chi connectivity index (χ1) is 7.81. The minimum Gasteiger partial charge on any atom is -0.392 e. The molecule has 1 aromatic heterocycles. The van der Waals surface area contributed by atoms with Crippen LogP contribution in [0.1, 0.15) is 16.8 Å². The van der Waals surface area contributed by atoms with Gasteiger partial charge in [0.05, 0.1) is 31.0 Å². The molecule has 2 rings (SSSR count). The number of fused-ring (bicyclic) bond motifs is 1. The highest BCUT2D eigenvalue weighted by Gasteiger charge is 2.12. The lowest BCUT2D eigenvalue weighted by Crippen LogP contribution is -2.05. The third kappa shape index (κ3) is 1.67. The lowest BCUT2D eigenvalue weighted by Gasteiger charge is -2.12. The number of aliphatic hydroxyl groups is 3. The molecule has 0 atom stereocenters. The monoisotopic (exact) mass is 219 g/mol. The first-order valence-corrected chi connectivity index (χ1v) is 5.03. The number of aliphatic hydroxyl groups excluding tert-OH is 3. The van der Waals surface area contributed by atoms with Crippen molar-refractivity contribution >= 4 is 10.9 Å². The average Bonchev–Trinajstić information content (AvgIpc) is 2.36. The normalized spacial score (nSPS) is 10.9. The van der Waals surface area contributed by atoms with E-state index in [2.05, 4.69) is 4.98 Å². The van der Waals surface area contributed by atoms with Crippen LogP contribution in [0.25, 0.3) is 10.9 Å². The molecule has 0 unspecified atom stereocenters. The minimum absolute atomic E-state index is 0.175. The lowest BCUT2D eigenvalue weighted by molar-refractivity contribution is 0.246. The summed E-state index contributed by atoms with van der Waals surface area (Å²) in [6, 6.07) is 7.35. The summed E-state index contributed by atoms with van der Waals surface area (Å²) in [6.45, 7) is -0.650. The molecule has 0 fully saturated rings. The van der Waals surface area contributed by atoms with E-state index in [0.717, 1.165) is 5.39 Å². The molecule has 1 aromatic carbocycles. The molecule has 0 spiro atoms. The number of aromatic nitrogens is 1. The van der Waals surface area contributed by atoms with Crippen LogP contribution >= 0.6 is 0 Å². The van der Waals surface area contributed by atoms with Crippen molar-refractivity contribution < 1.29 is 15.3 Å². The second-order valence-electron chi connectivity index (χ2n) is 3.51. The molecule has 16 heavy (non-hydrogen) atoms. The van der Waals surface area contributed by atoms with E-state index in [0.29, 0.717) is 22.3 Å². The minimum atomic E-state index is -0.242. The zero-order valence-corrected chi connectivity index (χ0v) is 8.72. The summed E-state index contributed by atoms with van der Waals surface area (Å²) in [5, 5.41) is 28.6. The first kappa shape index (κ1) is 11.0. The molecule has 4 heteroatoms. The van der Waals surface area contributed by atoms with E-state index in [9.17, 15) is 15.3 Å². The van der Waals surface area contributed by atoms with E-state index < -0.39 is 0 Å². The van der Waals surface area contributed by atoms with E-state index in [-0.39, 0.29) is 19.8 Å². The molecule has 0 aliphatic carbocycles. The number of benzene rings is 1. The van der Waals surface area contributed by atoms with Gasteiger partial charge in [0, 0.05) is 10.9 Å². The highest BCUT2D eigenvalue weighted by molar-refractivity contribution is 5.83. The fourth-order valence-corrected chi connectivity index (χ4v) is 1.87. The van der Waals surface area contributed by atoms with Gasteiger partial charge in [-0.05, 0) is 11.6 Å². The van der Waals surface area contributed by atoms with E-state index >= 15 is 0 Å². The molecule has 3 N–H and O–H groups in total. The fourth-order valence-electron chi connectivity index (χ4n) is 1.87. The zero-order valence-electron chi connectivity index (χ0n) is 8.72. The molecule has 84 valence electrons. The van der Waals surface area contributed by atoms with Gasteiger partial charge in [-0.15, -0.1) is 0 Å². The topological polar surface area (TPSA) is 73.6 Å². The second-order valence-corrected chi connectivity index (χ2v) is 3.51. The van der Waals surface area contributed by atoms with Gasteiger partial charge in [-0.1, -0.05) is 18.2 Å². The quantitative estimate of drug-likeness (QED) is 0.711. The van der Waals surface area contributed by atoms with Gasteiger partial charge in [0.2, 0.25) is 0 Å². The van der Waals surface area contributed by atoms with Crippen LogP contribution in [-0.4, -0.2) is 20.3 Å². The Morgan fingerprint density at radius 3 is 2.19 bits per heavy atom. The molecule has 0 aliphatic heterocycles. The van der Waals surface area contributed by atoms with Crippen molar-refractivity contribution in [2.24, 2.45) is 0 Å². The van der Waals surface area contributed by atoms with Crippen LogP contribution in [0.5, 0.6) is 0 Å². The summed E-state index contributed by atoms with van der Waals surface area (Å²) in [5.74, 6) is 0. The van der Waals surface area contributed by atoms with Gasteiger partial charge in [0.1, 0.15) is 0 Å². The predicted octanol–water partition coefficient (Wildman–Crippen LogP) is 0.712. The Bertz CT molecular complexity index is 511. The van der Waals surface area contributed by atoms with Crippen molar-refractivity contribution in [1.29, 1.82) is 0 Å². The first-order valence-electron chi connectivity index (χ1n) is 5.03. The van der Waals surface area contributed by atoms with E-state index in [1.54, 1.807) is 0 Å². The SMILES string of the molecule is OCc1nc2ccccc2c(CO)c1CO. The number of nitrogens with zero attached hydrogens (tertiary/aromatic N) is 1. The number of hydrogen-bond acceptors (Lipinski definition) is 4. The van der Waals surface area contributed by atoms with Crippen LogP contribution in [0.15, 0.2) is 24.3 Å². The molecule has 0 radical (unpaired) electrons. The summed E-state index contributed by atoms with van der Waals surface area (Å²) < 4.78 is 0. The van der Waals surface area contributed by atoms with Crippen molar-refractivity contribution in [2.75, 3.05) is 0 Å². The van der Waals surface area contributed by atoms with Crippen LogP contribution in [0.4, 0.5) is 0 Å². The molecule has 0 saturated heterocycles. The van der Waals surface area contributed by atoms with Crippen LogP contribution in [0.2, 0.25) is 0 Å². The van der Waals surface area contributed by atoms with E-state index in [1.165, 1.54) is 0 Å². The Morgan fingerprint density at radius 2 is 1.56 bits per heavy atom. The standard InChI is InChI=1S/C12H13NO3/c14-5-9-8-3-1-2-4-11(8)13-12(7-16)10(9)6-15/h1-4,14-16H,5-7H2. The summed E-state index contributed by atoms with van der Waals surface area (Å²) in [4.78, 5) is 4.25. The summed E-state index contributed by atoms with van der Waals surface area (Å²) in [7, 11) is 0. The van der Waals surface area contributed by atoms with Gasteiger partial charge in [-0.2, -0.15) is 0 Å². The number of rotatable bonds is 3. The largest absolute Gasteiger partial charge is 0.392 e. The summed E-state index contributed by atoms with van der Waals surface area (Å²) in [5.41, 5.74) is 2.29. The highest BCUT2D eigenvalue weighted by Crippen LogP contribution is 2.23. The Labute approximate surface area is 92.8 Å². The molecule has 0 amide bonds. The molecule has 0 saturated carbocycles. The average molecular weight is 219 g/mol. The van der Waals surface area contributed by atoms with Crippen LogP contribution in [0.3, 0.4) is 0 Å². The van der Waals surface area contributed by atoms with Crippen LogP contribution in [-0.2, 0) is 19.8 Å². The highest BCUT2D eigenvalue weighted by atomic mass is 16.3. The van der Waals surface area contributed by atoms with Crippen molar-refractivity contribution in [3.05, 3.63) is 41.1 Å². The van der Waals surface area contributed by atoms with Gasteiger partial charge in [0.25, 0.3) is 0 Å². The summed E-state index contributed by atoms with van der Waals surface area (Å²) >= 11 is 0. The van der Waals surface area contributed by atoms with Crippen LogP contribution < -0.4 is 0 Å². The smallest absolute Gasteiger partial charge is 0.0857 e. The van der Waals surface area contributed by atoms with Crippen LogP contribution in [0, 0.1) is 0 Å². The molecule has 0 bridgehead atoms. The van der Waals surface area contributed by atoms with E-state index in [4.69, 9.17) is 0 Å². The van der Waals surface area contributed by atoms with Gasteiger partial charge in [-0.25, -0.2) is 4.98 Å². The maximum absolute atomic E-state index is 9.35. The third-order valence-corrected chi connectivity index (χ3v) is 2.66. The van der Waals surface area contributed by atoms with Crippen molar-refractivity contribution in [3.63, 3.8) is 0 Å². The predicted molar refractivity (Wildman–Crippen MR) is 59.5 cm³/mol. The second kappa shape index (κ2) is 4.57. The van der Waals surface area contributed by atoms with Crippen molar-refractivity contribution in [2.45, 2.75) is 19.8 Å². The van der Waals surface area contributed by atoms with Crippen molar-refractivity contribution in [1.82, 2.24) is 4.98 Å². The zero-order chi connectivity index (χ0) is 11.5. The molecule has 0 aliphatic rings. The third-order valence-electron chi connectivity index (χ3n) is 2.66. The van der Waals surface area contributed by atoms with E-state index in [1.807, 2.05) is 24.3 Å². The fraction of sp³-hybridized carbons (Fsp3) is 0.250. The lowest BCUT2D eigenvalue weighted by atomic mass is 10.0. The molecular formula is C12H13NO3. The number of pyridine rings is 1. The number of para-hydroxylation sites is 1. The Morgan fingerprint density at radius 1 is 0.875 bits per heavy atom. The molecule has 4 nitrogen and oxygen atoms in total. The number of hydrogen-bond donors (Lipinski definition) is 3. The molecular weight excluding hydrogens is 206 g/mol. The summed E-state index contributed by atoms with van der Waals surface area (Å²) in [6.07, 6.45) is 0. The Balaban J connectivity index is 2.82. The maximum atomic E-state index is 9.35. The Hall–Kier alpha value is -1.49. The van der Waals surface area contributed by atoms with Gasteiger partial charge in [0.15, 0.2) is 0 Å². The van der Waals surface area contributed by atoms with Gasteiger partial charge >= 0.3 is 0 Å².